The lowest BCUT2D eigenvalue weighted by molar-refractivity contribution is -0.126. The topological polar surface area (TPSA) is 46.2 Å². The minimum absolute atomic E-state index is 0.0945. The summed E-state index contributed by atoms with van der Waals surface area (Å²) in [6.07, 6.45) is 0.111. The lowest BCUT2D eigenvalue weighted by Crippen LogP contribution is -2.39. The summed E-state index contributed by atoms with van der Waals surface area (Å²) in [5, 5.41) is 2.47. The molecule has 1 rings (SSSR count). The first-order valence-electron chi connectivity index (χ1n) is 5.70. The summed E-state index contributed by atoms with van der Waals surface area (Å²) in [5.74, 6) is -2.01. The molecule has 5 heteroatoms. The normalized spacial score (nSPS) is 12.0. The maximum absolute atomic E-state index is 13.3. The highest BCUT2D eigenvalue weighted by atomic mass is 19.1. The van der Waals surface area contributed by atoms with Crippen LogP contribution >= 0.6 is 0 Å². The Balaban J connectivity index is 2.62. The van der Waals surface area contributed by atoms with Crippen molar-refractivity contribution in [2.24, 2.45) is 0 Å². The average molecular weight is 255 g/mol. The van der Waals surface area contributed by atoms with E-state index in [4.69, 9.17) is 0 Å². The van der Waals surface area contributed by atoms with Crippen LogP contribution in [0.5, 0.6) is 0 Å². The third-order valence-corrected chi connectivity index (χ3v) is 2.58. The minimum atomic E-state index is -0.764. The van der Waals surface area contributed by atoms with Gasteiger partial charge in [0, 0.05) is 12.5 Å². The monoisotopic (exact) mass is 255 g/mol. The minimum Gasteiger partial charge on any atom is -0.346 e. The van der Waals surface area contributed by atoms with Crippen LogP contribution in [0.25, 0.3) is 0 Å². The molecule has 0 saturated heterocycles. The SMILES string of the molecule is CCC(=O)C(C)NC(=O)Cc1ccc(F)cc1F. The van der Waals surface area contributed by atoms with Gasteiger partial charge in [-0.3, -0.25) is 9.59 Å². The van der Waals surface area contributed by atoms with Crippen LogP contribution in [0.2, 0.25) is 0 Å². The Hall–Kier alpha value is -1.78. The standard InChI is InChI=1S/C13H15F2NO2/c1-3-12(17)8(2)16-13(18)6-9-4-5-10(14)7-11(9)15/h4-5,7-8H,3,6H2,1-2H3,(H,16,18). The molecule has 1 unspecified atom stereocenters. The highest BCUT2D eigenvalue weighted by Crippen LogP contribution is 2.10. The van der Waals surface area contributed by atoms with Gasteiger partial charge in [0.1, 0.15) is 11.6 Å². The highest BCUT2D eigenvalue weighted by Gasteiger charge is 2.15. The first kappa shape index (κ1) is 14.3. The van der Waals surface area contributed by atoms with E-state index >= 15 is 0 Å². The maximum Gasteiger partial charge on any atom is 0.225 e. The fourth-order valence-corrected chi connectivity index (χ4v) is 1.52. The van der Waals surface area contributed by atoms with Crippen molar-refractivity contribution in [3.05, 3.63) is 35.4 Å². The molecule has 0 aliphatic carbocycles. The Morgan fingerprint density at radius 1 is 1.33 bits per heavy atom. The number of ketones is 1. The van der Waals surface area contributed by atoms with Gasteiger partial charge in [-0.25, -0.2) is 8.78 Å². The molecule has 0 spiro atoms. The summed E-state index contributed by atoms with van der Waals surface area (Å²) in [5.41, 5.74) is 0.102. The quantitative estimate of drug-likeness (QED) is 0.874. The molecule has 0 aromatic heterocycles. The zero-order valence-electron chi connectivity index (χ0n) is 10.3. The van der Waals surface area contributed by atoms with Gasteiger partial charge in [-0.1, -0.05) is 13.0 Å². The Bertz CT molecular complexity index is 460. The van der Waals surface area contributed by atoms with Gasteiger partial charge in [-0.15, -0.1) is 0 Å². The number of amides is 1. The van der Waals surface area contributed by atoms with E-state index in [0.717, 1.165) is 12.1 Å². The van der Waals surface area contributed by atoms with E-state index in [2.05, 4.69) is 5.32 Å². The van der Waals surface area contributed by atoms with E-state index in [1.54, 1.807) is 13.8 Å². The summed E-state index contributed by atoms with van der Waals surface area (Å²) in [7, 11) is 0. The molecule has 0 heterocycles. The molecular formula is C13H15F2NO2. The Kier molecular flexibility index (Phi) is 4.95. The molecule has 1 aromatic rings. The number of halogens is 2. The predicted molar refractivity (Wildman–Crippen MR) is 63.0 cm³/mol. The summed E-state index contributed by atoms with van der Waals surface area (Å²) >= 11 is 0. The van der Waals surface area contributed by atoms with Crippen molar-refractivity contribution in [1.82, 2.24) is 5.32 Å². The zero-order chi connectivity index (χ0) is 13.7. The third-order valence-electron chi connectivity index (χ3n) is 2.58. The number of hydrogen-bond acceptors (Lipinski definition) is 2. The largest absolute Gasteiger partial charge is 0.346 e. The Morgan fingerprint density at radius 2 is 2.00 bits per heavy atom. The van der Waals surface area contributed by atoms with Gasteiger partial charge in [0.15, 0.2) is 5.78 Å². The number of Topliss-reactive ketones (excluding diaryl/α,β-unsaturated/α-hetero) is 1. The Morgan fingerprint density at radius 3 is 2.56 bits per heavy atom. The van der Waals surface area contributed by atoms with Crippen LogP contribution < -0.4 is 5.32 Å². The predicted octanol–water partition coefficient (Wildman–Crippen LogP) is 1.99. The van der Waals surface area contributed by atoms with Gasteiger partial charge in [-0.2, -0.15) is 0 Å². The van der Waals surface area contributed by atoms with Crippen LogP contribution in [0.1, 0.15) is 25.8 Å². The molecule has 0 aliphatic heterocycles. The van der Waals surface area contributed by atoms with E-state index in [9.17, 15) is 18.4 Å². The van der Waals surface area contributed by atoms with Crippen LogP contribution in [0.3, 0.4) is 0 Å². The summed E-state index contributed by atoms with van der Waals surface area (Å²) in [6, 6.07) is 2.44. The lowest BCUT2D eigenvalue weighted by atomic mass is 10.1. The number of rotatable bonds is 5. The second-order valence-electron chi connectivity index (χ2n) is 4.02. The van der Waals surface area contributed by atoms with Crippen molar-refractivity contribution in [3.63, 3.8) is 0 Å². The molecule has 18 heavy (non-hydrogen) atoms. The van der Waals surface area contributed by atoms with E-state index in [-0.39, 0.29) is 17.8 Å². The molecule has 1 atom stereocenters. The zero-order valence-corrected chi connectivity index (χ0v) is 10.3. The van der Waals surface area contributed by atoms with Gasteiger partial charge in [0.25, 0.3) is 0 Å². The van der Waals surface area contributed by atoms with Crippen molar-refractivity contribution in [2.45, 2.75) is 32.7 Å². The number of carbonyl (C=O) groups excluding carboxylic acids is 2. The maximum atomic E-state index is 13.3. The number of benzene rings is 1. The fraction of sp³-hybridized carbons (Fsp3) is 0.385. The van der Waals surface area contributed by atoms with Crippen molar-refractivity contribution in [1.29, 1.82) is 0 Å². The van der Waals surface area contributed by atoms with Gasteiger partial charge in [0.2, 0.25) is 5.91 Å². The van der Waals surface area contributed by atoms with Crippen molar-refractivity contribution in [2.75, 3.05) is 0 Å². The van der Waals surface area contributed by atoms with Crippen molar-refractivity contribution < 1.29 is 18.4 Å². The average Bonchev–Trinajstić information content (AvgIpc) is 2.31. The number of carbonyl (C=O) groups is 2. The highest BCUT2D eigenvalue weighted by molar-refractivity contribution is 5.89. The molecular weight excluding hydrogens is 240 g/mol. The lowest BCUT2D eigenvalue weighted by Gasteiger charge is -2.12. The van der Waals surface area contributed by atoms with Gasteiger partial charge in [0.05, 0.1) is 12.5 Å². The molecule has 0 aliphatic rings. The number of hydrogen-bond donors (Lipinski definition) is 1. The van der Waals surface area contributed by atoms with Gasteiger partial charge >= 0.3 is 0 Å². The van der Waals surface area contributed by atoms with Gasteiger partial charge < -0.3 is 5.32 Å². The molecule has 0 radical (unpaired) electrons. The Labute approximate surface area is 104 Å². The smallest absolute Gasteiger partial charge is 0.225 e. The molecule has 98 valence electrons. The van der Waals surface area contributed by atoms with Crippen molar-refractivity contribution in [3.8, 4) is 0 Å². The third kappa shape index (κ3) is 3.91. The van der Waals surface area contributed by atoms with E-state index in [0.29, 0.717) is 6.42 Å². The molecule has 1 amide bonds. The first-order chi connectivity index (χ1) is 8.43. The van der Waals surface area contributed by atoms with Gasteiger partial charge in [-0.05, 0) is 18.6 Å². The molecule has 1 aromatic carbocycles. The van der Waals surface area contributed by atoms with Crippen LogP contribution in [-0.4, -0.2) is 17.7 Å². The van der Waals surface area contributed by atoms with Crippen LogP contribution in [-0.2, 0) is 16.0 Å². The van der Waals surface area contributed by atoms with E-state index in [1.807, 2.05) is 0 Å². The van der Waals surface area contributed by atoms with Crippen LogP contribution in [0.4, 0.5) is 8.78 Å². The number of nitrogens with one attached hydrogen (secondary N) is 1. The molecule has 0 saturated carbocycles. The molecule has 0 fully saturated rings. The summed E-state index contributed by atoms with van der Waals surface area (Å²) < 4.78 is 25.9. The fourth-order valence-electron chi connectivity index (χ4n) is 1.52. The first-order valence-corrected chi connectivity index (χ1v) is 5.70. The van der Waals surface area contributed by atoms with Crippen LogP contribution in [0.15, 0.2) is 18.2 Å². The second kappa shape index (κ2) is 6.23. The van der Waals surface area contributed by atoms with Crippen molar-refractivity contribution >= 4 is 11.7 Å². The van der Waals surface area contributed by atoms with Crippen LogP contribution in [0, 0.1) is 11.6 Å². The van der Waals surface area contributed by atoms with E-state index < -0.39 is 23.6 Å². The second-order valence-corrected chi connectivity index (χ2v) is 4.02. The molecule has 3 nitrogen and oxygen atoms in total. The van der Waals surface area contributed by atoms with E-state index in [1.165, 1.54) is 6.07 Å². The summed E-state index contributed by atoms with van der Waals surface area (Å²) in [6.45, 7) is 3.27. The molecule has 1 N–H and O–H groups in total. The molecule has 0 bridgehead atoms. The summed E-state index contributed by atoms with van der Waals surface area (Å²) in [4.78, 5) is 22.8.